The van der Waals surface area contributed by atoms with Crippen LogP contribution in [0, 0.1) is 0 Å². The molecule has 0 saturated heterocycles. The van der Waals surface area contributed by atoms with E-state index in [1.54, 1.807) is 48.5 Å². The van der Waals surface area contributed by atoms with Crippen LogP contribution in [0.25, 0.3) is 11.4 Å². The van der Waals surface area contributed by atoms with Gasteiger partial charge in [-0.25, -0.2) is 0 Å². The minimum absolute atomic E-state index is 0.00964. The zero-order valence-electron chi connectivity index (χ0n) is 28.1. The minimum Gasteiger partial charge on any atom is -0.495 e. The van der Waals surface area contributed by atoms with Crippen LogP contribution >= 0.6 is 0 Å². The fraction of sp³-hybridized carbons (Fsp3) is 0.182. The largest absolute Gasteiger partial charge is 0.495 e. The molecule has 5 aromatic rings. The first-order valence-electron chi connectivity index (χ1n) is 15.5. The predicted octanol–water partition coefficient (Wildman–Crippen LogP) is 4.74. The van der Waals surface area contributed by atoms with Crippen molar-refractivity contribution in [3.8, 4) is 22.9 Å². The molecule has 0 fully saturated rings. The predicted molar refractivity (Wildman–Crippen MR) is 194 cm³/mol. The monoisotopic (exact) mass is 766 g/mol. The van der Waals surface area contributed by atoms with Crippen LogP contribution in [0.3, 0.4) is 0 Å². The number of hydrogen-bond donors (Lipinski definition) is 6. The van der Waals surface area contributed by atoms with Crippen molar-refractivity contribution in [1.29, 1.82) is 0 Å². The molecule has 0 aliphatic carbocycles. The van der Waals surface area contributed by atoms with Gasteiger partial charge in [0.15, 0.2) is 5.82 Å². The van der Waals surface area contributed by atoms with E-state index in [0.717, 1.165) is 12.1 Å². The molecule has 0 aliphatic heterocycles. The van der Waals surface area contributed by atoms with Crippen LogP contribution in [0.1, 0.15) is 0 Å². The molecule has 0 atom stereocenters. The van der Waals surface area contributed by atoms with Gasteiger partial charge in [0, 0.05) is 18.7 Å². The summed E-state index contributed by atoms with van der Waals surface area (Å²) in [6, 6.07) is 21.3. The smallest absolute Gasteiger partial charge is 0.296 e. The summed E-state index contributed by atoms with van der Waals surface area (Å²) in [7, 11) is -6.71. The lowest BCUT2D eigenvalue weighted by atomic mass is 10.2. The van der Waals surface area contributed by atoms with E-state index in [1.165, 1.54) is 43.4 Å². The van der Waals surface area contributed by atoms with Gasteiger partial charge in [-0.3, -0.25) is 9.11 Å². The average molecular weight is 767 g/mol. The Hall–Kier alpha value is -5.77. The summed E-state index contributed by atoms with van der Waals surface area (Å²) in [4.78, 5) is 13.4. The molecule has 0 saturated carbocycles. The van der Waals surface area contributed by atoms with Gasteiger partial charge in [0.05, 0.1) is 55.9 Å². The lowest BCUT2D eigenvalue weighted by Crippen LogP contribution is -2.31. The molecule has 6 N–H and O–H groups in total. The van der Waals surface area contributed by atoms with Gasteiger partial charge in [0.25, 0.3) is 26.2 Å². The number of benzene rings is 4. The zero-order valence-corrected chi connectivity index (χ0v) is 29.8. The Bertz CT molecular complexity index is 2340. The third-order valence-electron chi connectivity index (χ3n) is 7.40. The second-order valence-electron chi connectivity index (χ2n) is 10.9. The summed E-state index contributed by atoms with van der Waals surface area (Å²) >= 11 is 0. The van der Waals surface area contributed by atoms with Crippen LogP contribution in [0.2, 0.25) is 0 Å². The van der Waals surface area contributed by atoms with Crippen LogP contribution in [0.15, 0.2) is 105 Å². The third-order valence-corrected chi connectivity index (χ3v) is 9.19. The van der Waals surface area contributed by atoms with Gasteiger partial charge in [0.2, 0.25) is 5.95 Å². The molecule has 0 bridgehead atoms. The zero-order chi connectivity index (χ0) is 38.2. The normalized spacial score (nSPS) is 11.7. The van der Waals surface area contributed by atoms with E-state index in [2.05, 4.69) is 35.8 Å². The summed E-state index contributed by atoms with van der Waals surface area (Å²) in [5.74, 6) is 0.288. The number of para-hydroxylation sites is 4. The van der Waals surface area contributed by atoms with E-state index < -0.39 is 30.0 Å². The standard InChI is InChI=1S/C33H34N8O10S2/c1-50-27-9-5-3-7-23(27)34-25-13-11-21(19-29(25)52(44,45)46)31-36-32(38-33(37-31)41(15-17-42)16-18-43)40-39-22-12-14-26(30(20-22)53(47,48)49)35-24-8-4-6-10-28(24)51-2/h3-14,19-20,34-35,42-43H,15-18H2,1-2H3,(H,44,45,46)(H,47,48,49). The van der Waals surface area contributed by atoms with E-state index in [1.807, 2.05) is 0 Å². The van der Waals surface area contributed by atoms with Crippen molar-refractivity contribution >= 4 is 60.6 Å². The number of azo groups is 1. The SMILES string of the molecule is COc1ccccc1Nc1ccc(N=Nc2nc(-c3ccc(Nc4ccccc4OC)c(S(=O)(=O)O)c3)nc(N(CCO)CCO)n2)cc1S(=O)(=O)O. The molecule has 18 nitrogen and oxygen atoms in total. The van der Waals surface area contributed by atoms with Gasteiger partial charge >= 0.3 is 0 Å². The maximum atomic E-state index is 12.6. The first kappa shape index (κ1) is 38.5. The average Bonchev–Trinajstić information content (AvgIpc) is 3.14. The second kappa shape index (κ2) is 16.7. The van der Waals surface area contributed by atoms with Gasteiger partial charge in [0.1, 0.15) is 21.3 Å². The van der Waals surface area contributed by atoms with Gasteiger partial charge in [-0.1, -0.05) is 24.3 Å². The number of ether oxygens (including phenoxy) is 2. The number of anilines is 5. The highest BCUT2D eigenvalue weighted by molar-refractivity contribution is 7.86. The molecule has 0 aliphatic rings. The number of aliphatic hydroxyl groups excluding tert-OH is 2. The number of nitrogens with one attached hydrogen (secondary N) is 2. The molecular formula is C33H34N8O10S2. The lowest BCUT2D eigenvalue weighted by Gasteiger charge is -2.21. The highest BCUT2D eigenvalue weighted by Gasteiger charge is 2.22. The summed E-state index contributed by atoms with van der Waals surface area (Å²) < 4.78 is 80.8. The Kier molecular flexibility index (Phi) is 12.1. The van der Waals surface area contributed by atoms with E-state index in [0.29, 0.717) is 22.9 Å². The van der Waals surface area contributed by atoms with Crippen LogP contribution in [0.5, 0.6) is 11.5 Å². The topological polar surface area (TPSA) is 258 Å². The molecule has 0 radical (unpaired) electrons. The minimum atomic E-state index is -4.82. The fourth-order valence-corrected chi connectivity index (χ4v) is 6.32. The first-order chi connectivity index (χ1) is 25.3. The van der Waals surface area contributed by atoms with Crippen molar-refractivity contribution in [2.75, 3.05) is 56.1 Å². The fourth-order valence-electron chi connectivity index (χ4n) is 4.98. The van der Waals surface area contributed by atoms with Crippen LogP contribution in [0.4, 0.5) is 40.3 Å². The van der Waals surface area contributed by atoms with E-state index >= 15 is 0 Å². The van der Waals surface area contributed by atoms with Gasteiger partial charge in [-0.2, -0.15) is 31.8 Å². The number of nitrogens with zero attached hydrogens (tertiary/aromatic N) is 6. The Morgan fingerprint density at radius 2 is 1.19 bits per heavy atom. The molecule has 4 aromatic carbocycles. The van der Waals surface area contributed by atoms with Crippen molar-refractivity contribution in [1.82, 2.24) is 15.0 Å². The lowest BCUT2D eigenvalue weighted by molar-refractivity contribution is 0.280. The summed E-state index contributed by atoms with van der Waals surface area (Å²) in [5, 5.41) is 33.3. The molecule has 53 heavy (non-hydrogen) atoms. The molecule has 5 rings (SSSR count). The quantitative estimate of drug-likeness (QED) is 0.0585. The molecule has 0 amide bonds. The maximum Gasteiger partial charge on any atom is 0.296 e. The van der Waals surface area contributed by atoms with Crippen LogP contribution in [-0.4, -0.2) is 91.6 Å². The Morgan fingerprint density at radius 1 is 0.660 bits per heavy atom. The summed E-state index contributed by atoms with van der Waals surface area (Å²) in [6.45, 7) is -0.725. The highest BCUT2D eigenvalue weighted by atomic mass is 32.2. The second-order valence-corrected chi connectivity index (χ2v) is 13.7. The van der Waals surface area contributed by atoms with Crippen molar-refractivity contribution in [2.24, 2.45) is 10.2 Å². The van der Waals surface area contributed by atoms with Crippen molar-refractivity contribution in [2.45, 2.75) is 9.79 Å². The van der Waals surface area contributed by atoms with Gasteiger partial charge < -0.3 is 35.2 Å². The first-order valence-corrected chi connectivity index (χ1v) is 18.4. The Balaban J connectivity index is 1.57. The Labute approximate surface area is 304 Å². The summed E-state index contributed by atoms with van der Waals surface area (Å²) in [6.07, 6.45) is 0. The molecule has 1 heterocycles. The number of rotatable bonds is 16. The number of hydrogen-bond acceptors (Lipinski definition) is 16. The van der Waals surface area contributed by atoms with Crippen LogP contribution in [-0.2, 0) is 20.2 Å². The van der Waals surface area contributed by atoms with E-state index in [-0.39, 0.29) is 66.6 Å². The van der Waals surface area contributed by atoms with E-state index in [4.69, 9.17) is 9.47 Å². The number of aliphatic hydroxyl groups is 2. The number of methoxy groups -OCH3 is 2. The number of aromatic nitrogens is 3. The van der Waals surface area contributed by atoms with Crippen molar-refractivity contribution in [3.05, 3.63) is 84.9 Å². The van der Waals surface area contributed by atoms with Crippen LogP contribution < -0.4 is 25.0 Å². The highest BCUT2D eigenvalue weighted by Crippen LogP contribution is 2.35. The van der Waals surface area contributed by atoms with Crippen molar-refractivity contribution in [3.63, 3.8) is 0 Å². The van der Waals surface area contributed by atoms with Gasteiger partial charge in [-0.05, 0) is 60.7 Å². The van der Waals surface area contributed by atoms with Crippen molar-refractivity contribution < 1.29 is 45.6 Å². The van der Waals surface area contributed by atoms with Gasteiger partial charge in [-0.15, -0.1) is 10.2 Å². The molecule has 278 valence electrons. The summed E-state index contributed by atoms with van der Waals surface area (Å²) in [5.41, 5.74) is 0.933. The molecule has 0 unspecified atom stereocenters. The Morgan fingerprint density at radius 3 is 1.72 bits per heavy atom. The molecule has 20 heteroatoms. The van der Waals surface area contributed by atoms with E-state index in [9.17, 15) is 36.2 Å². The third kappa shape index (κ3) is 9.57. The molecular weight excluding hydrogens is 733 g/mol. The molecule has 1 aromatic heterocycles. The maximum absolute atomic E-state index is 12.6. The molecule has 0 spiro atoms.